The Balaban J connectivity index is 4.03. The molecule has 0 radical (unpaired) electrons. The minimum absolute atomic E-state index is 0.216. The van der Waals surface area contributed by atoms with Gasteiger partial charge in [-0.25, -0.2) is 0 Å². The van der Waals surface area contributed by atoms with E-state index in [0.717, 1.165) is 0 Å². The first-order valence-electron chi connectivity index (χ1n) is 3.81. The summed E-state index contributed by atoms with van der Waals surface area (Å²) in [7, 11) is 0. The highest BCUT2D eigenvalue weighted by Gasteiger charge is 2.28. The lowest BCUT2D eigenvalue weighted by atomic mass is 9.87. The average molecular weight is 159 g/mol. The lowest BCUT2D eigenvalue weighted by molar-refractivity contribution is -0.147. The molecule has 0 aliphatic carbocycles. The third kappa shape index (κ3) is 3.37. The molecule has 3 nitrogen and oxygen atoms in total. The Morgan fingerprint density at radius 3 is 2.27 bits per heavy atom. The molecule has 0 rings (SSSR count). The maximum absolute atomic E-state index is 11.0. The monoisotopic (exact) mass is 159 g/mol. The maximum Gasteiger partial charge on any atom is 0.323 e. The Bertz CT molecular complexity index is 138. The molecule has 1 atom stereocenters. The first-order valence-corrected chi connectivity index (χ1v) is 3.81. The first-order chi connectivity index (χ1) is 4.89. The maximum atomic E-state index is 11.0. The summed E-state index contributed by atoms with van der Waals surface area (Å²) in [5, 5.41) is 0. The molecule has 0 aromatic heterocycles. The number of esters is 1. The van der Waals surface area contributed by atoms with Gasteiger partial charge in [-0.3, -0.25) is 4.79 Å². The van der Waals surface area contributed by atoms with Crippen molar-refractivity contribution in [1.29, 1.82) is 0 Å². The van der Waals surface area contributed by atoms with Crippen molar-refractivity contribution < 1.29 is 9.53 Å². The zero-order valence-corrected chi connectivity index (χ0v) is 7.68. The van der Waals surface area contributed by atoms with Crippen LogP contribution in [0.15, 0.2) is 0 Å². The van der Waals surface area contributed by atoms with E-state index in [4.69, 9.17) is 10.5 Å². The summed E-state index contributed by atoms with van der Waals surface area (Å²) in [6, 6.07) is -0.526. The van der Waals surface area contributed by atoms with Gasteiger partial charge in [-0.1, -0.05) is 20.8 Å². The predicted octanol–water partition coefficient (Wildman–Crippen LogP) is 0.923. The van der Waals surface area contributed by atoms with Gasteiger partial charge in [0, 0.05) is 0 Å². The third-order valence-electron chi connectivity index (χ3n) is 1.47. The molecule has 11 heavy (non-hydrogen) atoms. The second-order valence-electron chi connectivity index (χ2n) is 3.60. The van der Waals surface area contributed by atoms with Gasteiger partial charge < -0.3 is 10.5 Å². The van der Waals surface area contributed by atoms with Gasteiger partial charge in [0.25, 0.3) is 0 Å². The van der Waals surface area contributed by atoms with Crippen LogP contribution in [0.25, 0.3) is 0 Å². The van der Waals surface area contributed by atoms with Gasteiger partial charge in [0.2, 0.25) is 0 Å². The topological polar surface area (TPSA) is 52.3 Å². The highest BCUT2D eigenvalue weighted by molar-refractivity contribution is 5.76. The molecule has 66 valence electrons. The molecular formula is C8H17NO2. The van der Waals surface area contributed by atoms with E-state index >= 15 is 0 Å². The lowest BCUT2D eigenvalue weighted by Gasteiger charge is -2.24. The Kier molecular flexibility index (Phi) is 3.52. The average Bonchev–Trinajstić information content (AvgIpc) is 1.85. The van der Waals surface area contributed by atoms with Crippen molar-refractivity contribution in [2.45, 2.75) is 33.7 Å². The number of carbonyl (C=O) groups is 1. The summed E-state index contributed by atoms with van der Waals surface area (Å²) in [6.07, 6.45) is 0. The van der Waals surface area contributed by atoms with Crippen LogP contribution in [0.3, 0.4) is 0 Å². The van der Waals surface area contributed by atoms with Crippen LogP contribution in [0.5, 0.6) is 0 Å². The van der Waals surface area contributed by atoms with Crippen LogP contribution in [0, 0.1) is 5.41 Å². The number of rotatable bonds is 2. The summed E-state index contributed by atoms with van der Waals surface area (Å²) < 4.78 is 4.77. The molecule has 0 spiro atoms. The first kappa shape index (κ1) is 10.4. The van der Waals surface area contributed by atoms with Crippen molar-refractivity contribution in [3.63, 3.8) is 0 Å². The predicted molar refractivity (Wildman–Crippen MR) is 44.1 cm³/mol. The molecule has 0 heterocycles. The van der Waals surface area contributed by atoms with E-state index in [2.05, 4.69) is 0 Å². The molecule has 0 unspecified atom stereocenters. The minimum atomic E-state index is -0.526. The van der Waals surface area contributed by atoms with Gasteiger partial charge >= 0.3 is 5.97 Å². The molecule has 3 heteroatoms. The van der Waals surface area contributed by atoms with Crippen molar-refractivity contribution in [1.82, 2.24) is 0 Å². The zero-order chi connectivity index (χ0) is 9.07. The van der Waals surface area contributed by atoms with E-state index in [-0.39, 0.29) is 11.4 Å². The number of hydrogen-bond donors (Lipinski definition) is 1. The van der Waals surface area contributed by atoms with Gasteiger partial charge in [0.1, 0.15) is 6.04 Å². The van der Waals surface area contributed by atoms with Crippen LogP contribution in [0.4, 0.5) is 0 Å². The van der Waals surface area contributed by atoms with Crippen molar-refractivity contribution in [2.75, 3.05) is 6.61 Å². The second kappa shape index (κ2) is 3.72. The number of nitrogens with two attached hydrogens (primary N) is 1. The molecule has 0 aromatic rings. The normalized spacial score (nSPS) is 14.3. The standard InChI is InChI=1S/C8H17NO2/c1-5-11-7(10)6(9)8(2,3)4/h6H,5,9H2,1-4H3/t6-/m1/s1. The zero-order valence-electron chi connectivity index (χ0n) is 7.68. The fourth-order valence-corrected chi connectivity index (χ4v) is 0.586. The summed E-state index contributed by atoms with van der Waals surface area (Å²) >= 11 is 0. The van der Waals surface area contributed by atoms with Crippen LogP contribution < -0.4 is 5.73 Å². The van der Waals surface area contributed by atoms with Gasteiger partial charge in [0.05, 0.1) is 6.61 Å². The Morgan fingerprint density at radius 2 is 2.00 bits per heavy atom. The second-order valence-corrected chi connectivity index (χ2v) is 3.60. The summed E-state index contributed by atoms with van der Waals surface area (Å²) in [4.78, 5) is 11.0. The number of carbonyl (C=O) groups excluding carboxylic acids is 1. The van der Waals surface area contributed by atoms with Gasteiger partial charge in [-0.05, 0) is 12.3 Å². The Hall–Kier alpha value is -0.570. The molecule has 0 amide bonds. The fraction of sp³-hybridized carbons (Fsp3) is 0.875. The number of hydrogen-bond acceptors (Lipinski definition) is 3. The quantitative estimate of drug-likeness (QED) is 0.610. The Labute approximate surface area is 67.9 Å². The highest BCUT2D eigenvalue weighted by atomic mass is 16.5. The molecular weight excluding hydrogens is 142 g/mol. The van der Waals surface area contributed by atoms with Crippen LogP contribution in [-0.2, 0) is 9.53 Å². The van der Waals surface area contributed by atoms with Crippen molar-refractivity contribution in [3.8, 4) is 0 Å². The summed E-state index contributed by atoms with van der Waals surface area (Å²) in [5.74, 6) is -0.319. The molecule has 0 saturated heterocycles. The fourth-order valence-electron chi connectivity index (χ4n) is 0.586. The molecule has 0 aliphatic rings. The van der Waals surface area contributed by atoms with Crippen molar-refractivity contribution in [2.24, 2.45) is 11.1 Å². The highest BCUT2D eigenvalue weighted by Crippen LogP contribution is 2.17. The van der Waals surface area contributed by atoms with Gasteiger partial charge in [-0.15, -0.1) is 0 Å². The third-order valence-corrected chi connectivity index (χ3v) is 1.47. The smallest absolute Gasteiger partial charge is 0.323 e. The van der Waals surface area contributed by atoms with Gasteiger partial charge in [0.15, 0.2) is 0 Å². The van der Waals surface area contributed by atoms with E-state index in [1.54, 1.807) is 6.92 Å². The van der Waals surface area contributed by atoms with Crippen LogP contribution in [0.2, 0.25) is 0 Å². The van der Waals surface area contributed by atoms with E-state index < -0.39 is 6.04 Å². The molecule has 0 bridgehead atoms. The van der Waals surface area contributed by atoms with Crippen LogP contribution >= 0.6 is 0 Å². The summed E-state index contributed by atoms with van der Waals surface area (Å²) in [5.41, 5.74) is 5.39. The molecule has 0 saturated carbocycles. The number of ether oxygens (including phenoxy) is 1. The van der Waals surface area contributed by atoms with Crippen LogP contribution in [-0.4, -0.2) is 18.6 Å². The minimum Gasteiger partial charge on any atom is -0.465 e. The molecule has 0 aromatic carbocycles. The van der Waals surface area contributed by atoms with E-state index in [1.807, 2.05) is 20.8 Å². The lowest BCUT2D eigenvalue weighted by Crippen LogP contribution is -2.43. The van der Waals surface area contributed by atoms with Gasteiger partial charge in [-0.2, -0.15) is 0 Å². The molecule has 2 N–H and O–H groups in total. The SMILES string of the molecule is CCOC(=O)[C@@H](N)C(C)(C)C. The Morgan fingerprint density at radius 1 is 1.55 bits per heavy atom. The van der Waals surface area contributed by atoms with Crippen molar-refractivity contribution >= 4 is 5.97 Å². The summed E-state index contributed by atoms with van der Waals surface area (Å²) in [6.45, 7) is 7.90. The van der Waals surface area contributed by atoms with E-state index in [9.17, 15) is 4.79 Å². The van der Waals surface area contributed by atoms with Crippen LogP contribution in [0.1, 0.15) is 27.7 Å². The largest absolute Gasteiger partial charge is 0.465 e. The van der Waals surface area contributed by atoms with E-state index in [0.29, 0.717) is 6.61 Å². The van der Waals surface area contributed by atoms with Crippen molar-refractivity contribution in [3.05, 3.63) is 0 Å². The molecule has 0 fully saturated rings. The van der Waals surface area contributed by atoms with E-state index in [1.165, 1.54) is 0 Å². The molecule has 0 aliphatic heterocycles.